The molecule has 0 aromatic heterocycles. The third kappa shape index (κ3) is 4.45. The van der Waals surface area contributed by atoms with E-state index in [1.165, 1.54) is 0 Å². The van der Waals surface area contributed by atoms with E-state index in [-0.39, 0.29) is 17.6 Å². The summed E-state index contributed by atoms with van der Waals surface area (Å²) in [5.41, 5.74) is -0.591. The number of nitrogens with zero attached hydrogens (tertiary/aromatic N) is 1. The van der Waals surface area contributed by atoms with Crippen LogP contribution >= 0.6 is 0 Å². The normalized spacial score (nSPS) is 25.1. The molecule has 4 heteroatoms. The summed E-state index contributed by atoms with van der Waals surface area (Å²) in [6.07, 6.45) is 6.38. The van der Waals surface area contributed by atoms with E-state index in [4.69, 9.17) is 4.74 Å². The summed E-state index contributed by atoms with van der Waals surface area (Å²) in [6, 6.07) is 0.0206. The Labute approximate surface area is 128 Å². The Balaban J connectivity index is 2.03. The Morgan fingerprint density at radius 1 is 1.19 bits per heavy atom. The number of amides is 1. The maximum absolute atomic E-state index is 12.4. The van der Waals surface area contributed by atoms with Crippen LogP contribution in [0.4, 0.5) is 4.79 Å². The van der Waals surface area contributed by atoms with Gasteiger partial charge in [-0.25, -0.2) is 4.79 Å². The average molecular weight is 295 g/mol. The van der Waals surface area contributed by atoms with Gasteiger partial charge in [0.2, 0.25) is 0 Å². The number of rotatable bonds is 3. The standard InChI is InChI=1S/C17H29NO3/c1-16(2,3)21-15(20)18-11-7-5-6-8-13(18)12-14(19)17(4)9-10-17/h13H,5-12H2,1-4H3. The van der Waals surface area contributed by atoms with Gasteiger partial charge < -0.3 is 9.64 Å². The summed E-state index contributed by atoms with van der Waals surface area (Å²) < 4.78 is 5.52. The van der Waals surface area contributed by atoms with Crippen LogP contribution in [0.5, 0.6) is 0 Å². The number of hydrogen-bond acceptors (Lipinski definition) is 3. The Hall–Kier alpha value is -1.06. The molecule has 1 heterocycles. The molecule has 0 bridgehead atoms. The van der Waals surface area contributed by atoms with E-state index in [0.717, 1.165) is 38.5 Å². The lowest BCUT2D eigenvalue weighted by Crippen LogP contribution is -2.44. The summed E-state index contributed by atoms with van der Waals surface area (Å²) in [5, 5.41) is 0. The maximum Gasteiger partial charge on any atom is 0.410 e. The van der Waals surface area contributed by atoms with E-state index >= 15 is 0 Å². The molecule has 0 N–H and O–H groups in total. The fourth-order valence-corrected chi connectivity index (χ4v) is 2.88. The van der Waals surface area contributed by atoms with Gasteiger partial charge in [-0.2, -0.15) is 0 Å². The van der Waals surface area contributed by atoms with Gasteiger partial charge in [-0.15, -0.1) is 0 Å². The second-order valence-corrected chi connectivity index (χ2v) is 7.86. The van der Waals surface area contributed by atoms with Crippen molar-refractivity contribution < 1.29 is 14.3 Å². The smallest absolute Gasteiger partial charge is 0.410 e. The number of ketones is 1. The fraction of sp³-hybridized carbons (Fsp3) is 0.882. The Kier molecular flexibility index (Phi) is 4.64. The van der Waals surface area contributed by atoms with Crippen LogP contribution in [0.25, 0.3) is 0 Å². The third-order valence-corrected chi connectivity index (χ3v) is 4.60. The molecule has 1 saturated heterocycles. The molecule has 2 aliphatic rings. The second-order valence-electron chi connectivity index (χ2n) is 7.86. The summed E-state index contributed by atoms with van der Waals surface area (Å²) >= 11 is 0. The number of Topliss-reactive ketones (excluding diaryl/α,β-unsaturated/α-hetero) is 1. The molecule has 2 fully saturated rings. The van der Waals surface area contributed by atoms with Gasteiger partial charge >= 0.3 is 6.09 Å². The Bertz CT molecular complexity index is 407. The van der Waals surface area contributed by atoms with Crippen molar-refractivity contribution in [2.24, 2.45) is 5.41 Å². The largest absolute Gasteiger partial charge is 0.444 e. The highest BCUT2D eigenvalue weighted by Gasteiger charge is 2.45. The van der Waals surface area contributed by atoms with E-state index in [1.807, 2.05) is 32.6 Å². The molecular formula is C17H29NO3. The van der Waals surface area contributed by atoms with E-state index in [9.17, 15) is 9.59 Å². The van der Waals surface area contributed by atoms with E-state index in [2.05, 4.69) is 0 Å². The molecule has 0 spiro atoms. The molecule has 0 radical (unpaired) electrons. The molecule has 1 aliphatic carbocycles. The predicted molar refractivity (Wildman–Crippen MR) is 82.2 cm³/mol. The van der Waals surface area contributed by atoms with Crippen molar-refractivity contribution in [3.05, 3.63) is 0 Å². The van der Waals surface area contributed by atoms with Gasteiger partial charge in [0.25, 0.3) is 0 Å². The van der Waals surface area contributed by atoms with Gasteiger partial charge in [-0.05, 0) is 46.5 Å². The predicted octanol–water partition coefficient (Wildman–Crippen LogP) is 3.93. The highest BCUT2D eigenvalue weighted by molar-refractivity contribution is 5.87. The zero-order chi connectivity index (χ0) is 15.7. The maximum atomic E-state index is 12.4. The number of carbonyl (C=O) groups is 2. The molecule has 0 aromatic rings. The van der Waals surface area contributed by atoms with Crippen molar-refractivity contribution in [3.8, 4) is 0 Å². The van der Waals surface area contributed by atoms with Crippen LogP contribution in [0.2, 0.25) is 0 Å². The fourth-order valence-electron chi connectivity index (χ4n) is 2.88. The van der Waals surface area contributed by atoms with Crippen LogP contribution in [-0.4, -0.2) is 35.0 Å². The lowest BCUT2D eigenvalue weighted by molar-refractivity contribution is -0.124. The number of ether oxygens (including phenoxy) is 1. The van der Waals surface area contributed by atoms with Crippen molar-refractivity contribution in [2.75, 3.05) is 6.54 Å². The lowest BCUT2D eigenvalue weighted by atomic mass is 9.95. The average Bonchev–Trinajstić information content (AvgIpc) is 3.12. The molecule has 1 unspecified atom stereocenters. The molecule has 1 amide bonds. The molecule has 1 aliphatic heterocycles. The highest BCUT2D eigenvalue weighted by atomic mass is 16.6. The van der Waals surface area contributed by atoms with Crippen LogP contribution < -0.4 is 0 Å². The first-order valence-corrected chi connectivity index (χ1v) is 8.24. The first-order chi connectivity index (χ1) is 9.71. The van der Waals surface area contributed by atoms with Gasteiger partial charge in [-0.1, -0.05) is 19.8 Å². The molecule has 21 heavy (non-hydrogen) atoms. The SMILES string of the molecule is CC(C)(C)OC(=O)N1CCCCCC1CC(=O)C1(C)CC1. The van der Waals surface area contributed by atoms with Crippen molar-refractivity contribution in [2.45, 2.75) is 84.3 Å². The van der Waals surface area contributed by atoms with Crippen LogP contribution in [0.3, 0.4) is 0 Å². The molecular weight excluding hydrogens is 266 g/mol. The first-order valence-electron chi connectivity index (χ1n) is 8.24. The van der Waals surface area contributed by atoms with Gasteiger partial charge in [0, 0.05) is 24.4 Å². The van der Waals surface area contributed by atoms with Crippen LogP contribution in [0.15, 0.2) is 0 Å². The number of hydrogen-bond donors (Lipinski definition) is 0. The van der Waals surface area contributed by atoms with Crippen LogP contribution in [-0.2, 0) is 9.53 Å². The van der Waals surface area contributed by atoms with Gasteiger partial charge in [0.15, 0.2) is 0 Å². The van der Waals surface area contributed by atoms with E-state index < -0.39 is 5.60 Å². The quantitative estimate of drug-likeness (QED) is 0.792. The number of carbonyl (C=O) groups excluding carboxylic acids is 2. The topological polar surface area (TPSA) is 46.6 Å². The zero-order valence-corrected chi connectivity index (χ0v) is 13.9. The minimum Gasteiger partial charge on any atom is -0.444 e. The number of likely N-dealkylation sites (tertiary alicyclic amines) is 1. The van der Waals surface area contributed by atoms with Gasteiger partial charge in [0.05, 0.1) is 0 Å². The van der Waals surface area contributed by atoms with E-state index in [1.54, 1.807) is 0 Å². The lowest BCUT2D eigenvalue weighted by Gasteiger charge is -2.32. The summed E-state index contributed by atoms with van der Waals surface area (Å²) in [6.45, 7) is 8.41. The molecule has 120 valence electrons. The summed E-state index contributed by atoms with van der Waals surface area (Å²) in [7, 11) is 0. The molecule has 4 nitrogen and oxygen atoms in total. The Morgan fingerprint density at radius 2 is 1.86 bits per heavy atom. The van der Waals surface area contributed by atoms with Crippen molar-refractivity contribution in [1.29, 1.82) is 0 Å². The van der Waals surface area contributed by atoms with Crippen molar-refractivity contribution >= 4 is 11.9 Å². The molecule has 1 saturated carbocycles. The van der Waals surface area contributed by atoms with Crippen LogP contribution in [0, 0.1) is 5.41 Å². The Morgan fingerprint density at radius 3 is 2.43 bits per heavy atom. The van der Waals surface area contributed by atoms with Crippen molar-refractivity contribution in [3.63, 3.8) is 0 Å². The molecule has 2 rings (SSSR count). The van der Waals surface area contributed by atoms with Crippen molar-refractivity contribution in [1.82, 2.24) is 4.90 Å². The first kappa shape index (κ1) is 16.3. The van der Waals surface area contributed by atoms with Gasteiger partial charge in [-0.3, -0.25) is 4.79 Å². The van der Waals surface area contributed by atoms with Crippen LogP contribution in [0.1, 0.15) is 72.6 Å². The van der Waals surface area contributed by atoms with Gasteiger partial charge in [0.1, 0.15) is 11.4 Å². The zero-order valence-electron chi connectivity index (χ0n) is 13.9. The monoisotopic (exact) mass is 295 g/mol. The minimum absolute atomic E-state index is 0.0206. The molecule has 0 aromatic carbocycles. The molecule has 1 atom stereocenters. The second kappa shape index (κ2) is 5.98. The minimum atomic E-state index is -0.486. The van der Waals surface area contributed by atoms with E-state index in [0.29, 0.717) is 18.7 Å². The summed E-state index contributed by atoms with van der Waals surface area (Å²) in [5.74, 6) is 0.322. The highest BCUT2D eigenvalue weighted by Crippen LogP contribution is 2.47. The third-order valence-electron chi connectivity index (χ3n) is 4.60. The summed E-state index contributed by atoms with van der Waals surface area (Å²) in [4.78, 5) is 26.6.